The van der Waals surface area contributed by atoms with Crippen LogP contribution in [0.1, 0.15) is 45.6 Å². The van der Waals surface area contributed by atoms with Gasteiger partial charge in [0.1, 0.15) is 0 Å². The van der Waals surface area contributed by atoms with Gasteiger partial charge in [0.25, 0.3) is 0 Å². The number of amides is 1. The Labute approximate surface area is 116 Å². The maximum atomic E-state index is 12.3. The van der Waals surface area contributed by atoms with Crippen molar-refractivity contribution >= 4 is 11.6 Å². The highest BCUT2D eigenvalue weighted by Crippen LogP contribution is 2.23. The molecule has 0 radical (unpaired) electrons. The monoisotopic (exact) mass is 260 g/mol. The third kappa shape index (κ3) is 3.35. The second kappa shape index (κ2) is 5.33. The lowest BCUT2D eigenvalue weighted by atomic mass is 10.0. The maximum absolute atomic E-state index is 12.3. The summed E-state index contributed by atoms with van der Waals surface area (Å²) in [5.41, 5.74) is 2.21. The Hall–Kier alpha value is -1.35. The van der Waals surface area contributed by atoms with Crippen molar-refractivity contribution in [3.63, 3.8) is 0 Å². The van der Waals surface area contributed by atoms with Crippen LogP contribution in [0.4, 0.5) is 5.69 Å². The van der Waals surface area contributed by atoms with E-state index in [0.29, 0.717) is 12.3 Å². The van der Waals surface area contributed by atoms with Gasteiger partial charge in [0.05, 0.1) is 0 Å². The quantitative estimate of drug-likeness (QED) is 0.886. The summed E-state index contributed by atoms with van der Waals surface area (Å²) in [6, 6.07) is 8.37. The number of nitrogens with zero attached hydrogens (tertiary/aromatic N) is 1. The molecule has 1 fully saturated rings. The van der Waals surface area contributed by atoms with E-state index in [4.69, 9.17) is 0 Å². The predicted molar refractivity (Wildman–Crippen MR) is 79.6 cm³/mol. The standard InChI is InChI=1S/C16H24N2O/c1-12(2)13-5-7-14(8-6-13)18-10-9-17-16(3,4)11-15(18)19/h5-8,12,17H,9-11H2,1-4H3. The van der Waals surface area contributed by atoms with Gasteiger partial charge in [-0.2, -0.15) is 0 Å². The predicted octanol–water partition coefficient (Wildman–Crippen LogP) is 2.91. The molecule has 1 amide bonds. The topological polar surface area (TPSA) is 32.3 Å². The molecule has 1 saturated heterocycles. The van der Waals surface area contributed by atoms with Gasteiger partial charge in [-0.05, 0) is 37.5 Å². The van der Waals surface area contributed by atoms with Crippen LogP contribution in [0.5, 0.6) is 0 Å². The van der Waals surface area contributed by atoms with E-state index in [9.17, 15) is 4.79 Å². The molecule has 0 saturated carbocycles. The summed E-state index contributed by atoms with van der Waals surface area (Å²) in [5, 5.41) is 3.42. The second-order valence-electron chi connectivity index (χ2n) is 6.28. The number of hydrogen-bond donors (Lipinski definition) is 1. The fraction of sp³-hybridized carbons (Fsp3) is 0.562. The van der Waals surface area contributed by atoms with E-state index in [2.05, 4.69) is 57.3 Å². The fourth-order valence-electron chi connectivity index (χ4n) is 2.48. The lowest BCUT2D eigenvalue weighted by molar-refractivity contribution is -0.119. The van der Waals surface area contributed by atoms with Crippen molar-refractivity contribution in [1.82, 2.24) is 5.32 Å². The zero-order valence-corrected chi connectivity index (χ0v) is 12.4. The van der Waals surface area contributed by atoms with Crippen LogP contribution in [-0.4, -0.2) is 24.5 Å². The molecule has 0 spiro atoms. The van der Waals surface area contributed by atoms with Crippen LogP contribution in [0.15, 0.2) is 24.3 Å². The molecule has 1 aromatic carbocycles. The Kier molecular flexibility index (Phi) is 3.95. The van der Waals surface area contributed by atoms with Crippen molar-refractivity contribution in [3.05, 3.63) is 29.8 Å². The van der Waals surface area contributed by atoms with Gasteiger partial charge in [0.15, 0.2) is 0 Å². The molecule has 0 aliphatic carbocycles. The smallest absolute Gasteiger partial charge is 0.228 e. The Morgan fingerprint density at radius 2 is 1.84 bits per heavy atom. The average molecular weight is 260 g/mol. The zero-order valence-electron chi connectivity index (χ0n) is 12.4. The SMILES string of the molecule is CC(C)c1ccc(N2CCNC(C)(C)CC2=O)cc1. The largest absolute Gasteiger partial charge is 0.311 e. The number of benzene rings is 1. The first-order valence-electron chi connectivity index (χ1n) is 7.04. The lowest BCUT2D eigenvalue weighted by Crippen LogP contribution is -2.39. The van der Waals surface area contributed by atoms with Crippen molar-refractivity contribution in [3.8, 4) is 0 Å². The minimum Gasteiger partial charge on any atom is -0.311 e. The van der Waals surface area contributed by atoms with Gasteiger partial charge in [-0.1, -0.05) is 26.0 Å². The van der Waals surface area contributed by atoms with Gasteiger partial charge >= 0.3 is 0 Å². The summed E-state index contributed by atoms with van der Waals surface area (Å²) in [6.45, 7) is 10.1. The van der Waals surface area contributed by atoms with Crippen molar-refractivity contribution in [2.24, 2.45) is 0 Å². The molecule has 1 aromatic rings. The van der Waals surface area contributed by atoms with Crippen LogP contribution in [0.25, 0.3) is 0 Å². The van der Waals surface area contributed by atoms with Crippen LogP contribution < -0.4 is 10.2 Å². The Morgan fingerprint density at radius 3 is 2.42 bits per heavy atom. The van der Waals surface area contributed by atoms with E-state index < -0.39 is 0 Å². The normalized spacial score (nSPS) is 19.6. The number of hydrogen-bond acceptors (Lipinski definition) is 2. The first-order valence-corrected chi connectivity index (χ1v) is 7.04. The summed E-state index contributed by atoms with van der Waals surface area (Å²) in [6.07, 6.45) is 0.541. The van der Waals surface area contributed by atoms with Crippen molar-refractivity contribution in [2.45, 2.75) is 45.6 Å². The summed E-state index contributed by atoms with van der Waals surface area (Å²) in [4.78, 5) is 14.2. The van der Waals surface area contributed by atoms with E-state index in [1.165, 1.54) is 5.56 Å². The van der Waals surface area contributed by atoms with Gasteiger partial charge in [-0.25, -0.2) is 0 Å². The Bertz CT molecular complexity index is 448. The molecule has 1 aliphatic heterocycles. The highest BCUT2D eigenvalue weighted by molar-refractivity contribution is 5.94. The van der Waals surface area contributed by atoms with E-state index in [1.807, 2.05) is 4.90 Å². The number of anilines is 1. The first kappa shape index (κ1) is 14.1. The molecule has 3 nitrogen and oxygen atoms in total. The van der Waals surface area contributed by atoms with E-state index >= 15 is 0 Å². The van der Waals surface area contributed by atoms with Crippen LogP contribution in [0, 0.1) is 0 Å². The highest BCUT2D eigenvalue weighted by atomic mass is 16.2. The molecule has 0 aromatic heterocycles. The van der Waals surface area contributed by atoms with Crippen molar-refractivity contribution < 1.29 is 4.79 Å². The lowest BCUT2D eigenvalue weighted by Gasteiger charge is -2.23. The van der Waals surface area contributed by atoms with Gasteiger partial charge in [0, 0.05) is 30.7 Å². The van der Waals surface area contributed by atoms with Crippen molar-refractivity contribution in [2.75, 3.05) is 18.0 Å². The molecule has 1 aliphatic rings. The third-order valence-electron chi connectivity index (χ3n) is 3.70. The summed E-state index contributed by atoms with van der Waals surface area (Å²) in [7, 11) is 0. The summed E-state index contributed by atoms with van der Waals surface area (Å²) in [5.74, 6) is 0.724. The second-order valence-corrected chi connectivity index (χ2v) is 6.28. The maximum Gasteiger partial charge on any atom is 0.228 e. The molecule has 3 heteroatoms. The molecule has 0 atom stereocenters. The molecule has 19 heavy (non-hydrogen) atoms. The highest BCUT2D eigenvalue weighted by Gasteiger charge is 2.28. The Balaban J connectivity index is 2.19. The van der Waals surface area contributed by atoms with Gasteiger partial charge in [0.2, 0.25) is 5.91 Å². The molecule has 1 heterocycles. The van der Waals surface area contributed by atoms with Crippen LogP contribution in [-0.2, 0) is 4.79 Å². The molecular formula is C16H24N2O. The average Bonchev–Trinajstić information content (AvgIpc) is 2.46. The molecular weight excluding hydrogens is 236 g/mol. The van der Waals surface area contributed by atoms with E-state index in [0.717, 1.165) is 18.8 Å². The third-order valence-corrected chi connectivity index (χ3v) is 3.70. The first-order chi connectivity index (χ1) is 8.89. The van der Waals surface area contributed by atoms with Crippen LogP contribution >= 0.6 is 0 Å². The van der Waals surface area contributed by atoms with Crippen LogP contribution in [0.2, 0.25) is 0 Å². The number of nitrogens with one attached hydrogen (secondary N) is 1. The molecule has 104 valence electrons. The number of rotatable bonds is 2. The van der Waals surface area contributed by atoms with E-state index in [-0.39, 0.29) is 11.4 Å². The van der Waals surface area contributed by atoms with Crippen molar-refractivity contribution in [1.29, 1.82) is 0 Å². The number of carbonyl (C=O) groups is 1. The van der Waals surface area contributed by atoms with Gasteiger partial charge < -0.3 is 10.2 Å². The molecule has 2 rings (SSSR count). The van der Waals surface area contributed by atoms with Crippen LogP contribution in [0.3, 0.4) is 0 Å². The fourth-order valence-corrected chi connectivity index (χ4v) is 2.48. The summed E-state index contributed by atoms with van der Waals surface area (Å²) >= 11 is 0. The molecule has 0 bridgehead atoms. The minimum absolute atomic E-state index is 0.107. The molecule has 0 unspecified atom stereocenters. The summed E-state index contributed by atoms with van der Waals surface area (Å²) < 4.78 is 0. The van der Waals surface area contributed by atoms with Gasteiger partial charge in [-0.3, -0.25) is 4.79 Å². The minimum atomic E-state index is -0.107. The zero-order chi connectivity index (χ0) is 14.0. The van der Waals surface area contributed by atoms with Gasteiger partial charge in [-0.15, -0.1) is 0 Å². The van der Waals surface area contributed by atoms with E-state index in [1.54, 1.807) is 0 Å². The Morgan fingerprint density at radius 1 is 1.21 bits per heavy atom. The molecule has 1 N–H and O–H groups in total. The number of carbonyl (C=O) groups excluding carboxylic acids is 1.